The van der Waals surface area contributed by atoms with E-state index in [4.69, 9.17) is 9.47 Å². The van der Waals surface area contributed by atoms with E-state index in [2.05, 4.69) is 4.98 Å². The van der Waals surface area contributed by atoms with Gasteiger partial charge in [-0.2, -0.15) is 0 Å². The Hall–Kier alpha value is -1.46. The molecular weight excluding hydrogens is 268 g/mol. The molecule has 0 radical (unpaired) electrons. The molecule has 2 saturated heterocycles. The van der Waals surface area contributed by atoms with Crippen LogP contribution in [0.1, 0.15) is 36.5 Å². The first-order valence-corrected chi connectivity index (χ1v) is 7.67. The molecule has 0 N–H and O–H groups in total. The van der Waals surface area contributed by atoms with E-state index in [-0.39, 0.29) is 17.6 Å². The van der Waals surface area contributed by atoms with E-state index in [1.807, 2.05) is 17.9 Å². The van der Waals surface area contributed by atoms with Gasteiger partial charge in [-0.25, -0.2) is 0 Å². The second kappa shape index (κ2) is 6.12. The second-order valence-electron chi connectivity index (χ2n) is 5.81. The molecule has 2 aliphatic heterocycles. The van der Waals surface area contributed by atoms with Gasteiger partial charge in [-0.15, -0.1) is 0 Å². The molecule has 5 heteroatoms. The zero-order chi connectivity index (χ0) is 14.7. The number of aromatic nitrogens is 1. The molecule has 0 aliphatic carbocycles. The van der Waals surface area contributed by atoms with Crippen molar-refractivity contribution in [2.45, 2.75) is 37.9 Å². The van der Waals surface area contributed by atoms with Crippen LogP contribution in [0.4, 0.5) is 0 Å². The zero-order valence-corrected chi connectivity index (χ0v) is 12.5. The number of carbonyl (C=O) groups is 1. The van der Waals surface area contributed by atoms with Gasteiger partial charge in [0.05, 0.1) is 23.9 Å². The first-order valence-electron chi connectivity index (χ1n) is 7.67. The van der Waals surface area contributed by atoms with Gasteiger partial charge < -0.3 is 14.4 Å². The molecule has 1 aromatic rings. The van der Waals surface area contributed by atoms with Crippen LogP contribution in [0.25, 0.3) is 0 Å². The van der Waals surface area contributed by atoms with Crippen molar-refractivity contribution in [3.8, 4) is 0 Å². The van der Waals surface area contributed by atoms with Crippen LogP contribution < -0.4 is 0 Å². The maximum absolute atomic E-state index is 12.4. The largest absolute Gasteiger partial charge is 0.376 e. The highest BCUT2D eigenvalue weighted by Gasteiger charge is 2.43. The zero-order valence-electron chi connectivity index (χ0n) is 12.5. The molecule has 5 nitrogen and oxygen atoms in total. The Morgan fingerprint density at radius 3 is 3.00 bits per heavy atom. The van der Waals surface area contributed by atoms with Gasteiger partial charge in [-0.1, -0.05) is 0 Å². The number of likely N-dealkylation sites (tertiary alicyclic amines) is 1. The van der Waals surface area contributed by atoms with Crippen molar-refractivity contribution in [1.82, 2.24) is 9.88 Å². The van der Waals surface area contributed by atoms with Crippen LogP contribution in [-0.4, -0.2) is 53.8 Å². The molecule has 1 unspecified atom stereocenters. The van der Waals surface area contributed by atoms with Crippen LogP contribution in [0.15, 0.2) is 24.5 Å². The Bertz CT molecular complexity index is 484. The summed E-state index contributed by atoms with van der Waals surface area (Å²) in [7, 11) is 0. The van der Waals surface area contributed by atoms with E-state index >= 15 is 0 Å². The SMILES string of the molecule is CCOC1COC2(CCN(C(=O)c3cccnc3)CC2)C1. The monoisotopic (exact) mass is 290 g/mol. The summed E-state index contributed by atoms with van der Waals surface area (Å²) < 4.78 is 11.7. The minimum atomic E-state index is -0.0778. The molecule has 1 aromatic heterocycles. The van der Waals surface area contributed by atoms with Gasteiger partial charge >= 0.3 is 0 Å². The fourth-order valence-corrected chi connectivity index (χ4v) is 3.28. The number of amides is 1. The average molecular weight is 290 g/mol. The van der Waals surface area contributed by atoms with Gasteiger partial charge in [0.1, 0.15) is 0 Å². The highest BCUT2D eigenvalue weighted by molar-refractivity contribution is 5.93. The fourth-order valence-electron chi connectivity index (χ4n) is 3.28. The molecule has 0 aromatic carbocycles. The Morgan fingerprint density at radius 1 is 1.52 bits per heavy atom. The Labute approximate surface area is 125 Å². The van der Waals surface area contributed by atoms with Gasteiger partial charge in [0, 0.05) is 38.5 Å². The van der Waals surface area contributed by atoms with Crippen LogP contribution >= 0.6 is 0 Å². The third-order valence-corrected chi connectivity index (χ3v) is 4.45. The lowest BCUT2D eigenvalue weighted by Gasteiger charge is -2.38. The van der Waals surface area contributed by atoms with Crippen molar-refractivity contribution in [2.24, 2.45) is 0 Å². The summed E-state index contributed by atoms with van der Waals surface area (Å²) in [4.78, 5) is 18.3. The molecule has 1 spiro atoms. The fraction of sp³-hybridized carbons (Fsp3) is 0.625. The molecule has 3 rings (SSSR count). The van der Waals surface area contributed by atoms with Gasteiger partial charge in [0.2, 0.25) is 0 Å². The molecule has 2 fully saturated rings. The van der Waals surface area contributed by atoms with E-state index in [1.165, 1.54) is 0 Å². The van der Waals surface area contributed by atoms with Crippen molar-refractivity contribution in [1.29, 1.82) is 0 Å². The summed E-state index contributed by atoms with van der Waals surface area (Å²) in [5.41, 5.74) is 0.582. The maximum atomic E-state index is 12.4. The Balaban J connectivity index is 1.57. The normalized spacial score (nSPS) is 24.4. The third-order valence-electron chi connectivity index (χ3n) is 4.45. The van der Waals surface area contributed by atoms with Gasteiger partial charge in [0.15, 0.2) is 0 Å². The molecule has 0 saturated carbocycles. The molecule has 1 atom stereocenters. The number of pyridine rings is 1. The summed E-state index contributed by atoms with van der Waals surface area (Å²) >= 11 is 0. The lowest BCUT2D eigenvalue weighted by atomic mass is 9.87. The lowest BCUT2D eigenvalue weighted by Crippen LogP contribution is -2.46. The van der Waals surface area contributed by atoms with Gasteiger partial charge in [-0.05, 0) is 31.9 Å². The van der Waals surface area contributed by atoms with Crippen molar-refractivity contribution in [2.75, 3.05) is 26.3 Å². The Kier molecular flexibility index (Phi) is 4.22. The van der Waals surface area contributed by atoms with Crippen LogP contribution in [0, 0.1) is 0 Å². The van der Waals surface area contributed by atoms with Gasteiger partial charge in [-0.3, -0.25) is 9.78 Å². The highest BCUT2D eigenvalue weighted by Crippen LogP contribution is 2.37. The number of piperidine rings is 1. The Morgan fingerprint density at radius 2 is 2.33 bits per heavy atom. The van der Waals surface area contributed by atoms with Crippen molar-refractivity contribution in [3.05, 3.63) is 30.1 Å². The van der Waals surface area contributed by atoms with Crippen molar-refractivity contribution < 1.29 is 14.3 Å². The van der Waals surface area contributed by atoms with E-state index < -0.39 is 0 Å². The molecule has 114 valence electrons. The van der Waals surface area contributed by atoms with E-state index in [0.29, 0.717) is 12.2 Å². The van der Waals surface area contributed by atoms with Crippen LogP contribution in [-0.2, 0) is 9.47 Å². The first kappa shape index (κ1) is 14.5. The average Bonchev–Trinajstić information content (AvgIpc) is 2.91. The summed E-state index contributed by atoms with van der Waals surface area (Å²) in [5.74, 6) is 0.0669. The van der Waals surface area contributed by atoms with Crippen molar-refractivity contribution >= 4 is 5.91 Å². The summed E-state index contributed by atoms with van der Waals surface area (Å²) in [6, 6.07) is 3.61. The predicted octanol–water partition coefficient (Wildman–Crippen LogP) is 1.88. The second-order valence-corrected chi connectivity index (χ2v) is 5.81. The minimum Gasteiger partial charge on any atom is -0.376 e. The smallest absolute Gasteiger partial charge is 0.255 e. The number of hydrogen-bond acceptors (Lipinski definition) is 4. The molecule has 2 aliphatic rings. The van der Waals surface area contributed by atoms with Crippen LogP contribution in [0.3, 0.4) is 0 Å². The van der Waals surface area contributed by atoms with Crippen LogP contribution in [0.5, 0.6) is 0 Å². The number of rotatable bonds is 3. The standard InChI is InChI=1S/C16H22N2O3/c1-2-20-14-10-16(21-12-14)5-8-18(9-6-16)15(19)13-4-3-7-17-11-13/h3-4,7,11,14H,2,5-6,8-10,12H2,1H3. The minimum absolute atomic E-state index is 0.0669. The van der Waals surface area contributed by atoms with E-state index in [9.17, 15) is 4.79 Å². The topological polar surface area (TPSA) is 51.7 Å². The number of hydrogen-bond donors (Lipinski definition) is 0. The highest BCUT2D eigenvalue weighted by atomic mass is 16.6. The van der Waals surface area contributed by atoms with Crippen molar-refractivity contribution in [3.63, 3.8) is 0 Å². The molecule has 1 amide bonds. The molecular formula is C16H22N2O3. The third kappa shape index (κ3) is 3.09. The quantitative estimate of drug-likeness (QED) is 0.853. The van der Waals surface area contributed by atoms with E-state index in [1.54, 1.807) is 18.5 Å². The van der Waals surface area contributed by atoms with E-state index in [0.717, 1.165) is 39.0 Å². The number of carbonyl (C=O) groups excluding carboxylic acids is 1. The maximum Gasteiger partial charge on any atom is 0.255 e. The molecule has 3 heterocycles. The summed E-state index contributed by atoms with van der Waals surface area (Å²) in [6.07, 6.45) is 6.27. The summed E-state index contributed by atoms with van der Waals surface area (Å²) in [6.45, 7) is 4.92. The lowest BCUT2D eigenvalue weighted by molar-refractivity contribution is -0.0407. The predicted molar refractivity (Wildman–Crippen MR) is 78.1 cm³/mol. The number of nitrogens with zero attached hydrogens (tertiary/aromatic N) is 2. The van der Waals surface area contributed by atoms with Crippen LogP contribution in [0.2, 0.25) is 0 Å². The number of ether oxygens (including phenoxy) is 2. The van der Waals surface area contributed by atoms with Gasteiger partial charge in [0.25, 0.3) is 5.91 Å². The molecule has 21 heavy (non-hydrogen) atoms. The molecule has 0 bridgehead atoms. The summed E-state index contributed by atoms with van der Waals surface area (Å²) in [5, 5.41) is 0. The first-order chi connectivity index (χ1) is 10.2.